The molecule has 0 bridgehead atoms. The fourth-order valence-corrected chi connectivity index (χ4v) is 3.44. The minimum atomic E-state index is -0.605. The molecule has 3 N–H and O–H groups in total. The molecule has 188 valence electrons. The Morgan fingerprint density at radius 3 is 2.18 bits per heavy atom. The van der Waals surface area contributed by atoms with Crippen molar-refractivity contribution in [2.45, 2.75) is 58.5 Å². The topological polar surface area (TPSA) is 105 Å². The Balaban J connectivity index is 2.75. The van der Waals surface area contributed by atoms with Gasteiger partial charge in [0, 0.05) is 12.5 Å². The highest BCUT2D eigenvalue weighted by Crippen LogP contribution is 2.16. The van der Waals surface area contributed by atoms with Gasteiger partial charge in [0.25, 0.3) is 0 Å². The van der Waals surface area contributed by atoms with Gasteiger partial charge in [-0.15, -0.1) is 13.2 Å². The normalized spacial score (nSPS) is 14.4. The van der Waals surface area contributed by atoms with E-state index >= 15 is 0 Å². The number of allylic oxidation sites excluding steroid dienone is 2. The van der Waals surface area contributed by atoms with Crippen molar-refractivity contribution in [2.24, 2.45) is 17.8 Å². The number of nitrogens with one attached hydrogen (secondary N) is 2. The van der Waals surface area contributed by atoms with Gasteiger partial charge in [-0.3, -0.25) is 14.4 Å². The molecule has 7 nitrogen and oxygen atoms in total. The van der Waals surface area contributed by atoms with E-state index in [0.717, 1.165) is 5.56 Å². The number of rotatable bonds is 16. The van der Waals surface area contributed by atoms with E-state index in [9.17, 15) is 14.4 Å². The quantitative estimate of drug-likeness (QED) is 0.253. The van der Waals surface area contributed by atoms with Crippen molar-refractivity contribution >= 4 is 17.8 Å². The molecule has 4 atom stereocenters. The minimum Gasteiger partial charge on any atom is -0.463 e. The lowest BCUT2D eigenvalue weighted by atomic mass is 9.96. The second-order valence-electron chi connectivity index (χ2n) is 8.98. The van der Waals surface area contributed by atoms with Crippen LogP contribution in [0.5, 0.6) is 0 Å². The summed E-state index contributed by atoms with van der Waals surface area (Å²) < 4.78 is 5.61. The van der Waals surface area contributed by atoms with Crippen molar-refractivity contribution in [3.8, 4) is 0 Å². The van der Waals surface area contributed by atoms with E-state index in [4.69, 9.17) is 9.84 Å². The van der Waals surface area contributed by atoms with Gasteiger partial charge in [-0.2, -0.15) is 0 Å². The number of carbonyl (C=O) groups is 3. The van der Waals surface area contributed by atoms with E-state index < -0.39 is 12.0 Å². The molecule has 34 heavy (non-hydrogen) atoms. The fourth-order valence-electron chi connectivity index (χ4n) is 3.44. The predicted octanol–water partition coefficient (Wildman–Crippen LogP) is 3.18. The summed E-state index contributed by atoms with van der Waals surface area (Å²) in [6.07, 6.45) is 4.66. The summed E-state index contributed by atoms with van der Waals surface area (Å²) in [6.45, 7) is 12.8. The van der Waals surface area contributed by atoms with Crippen LogP contribution >= 0.6 is 0 Å². The van der Waals surface area contributed by atoms with E-state index in [-0.39, 0.29) is 55.3 Å². The predicted molar refractivity (Wildman–Crippen MR) is 134 cm³/mol. The van der Waals surface area contributed by atoms with Crippen molar-refractivity contribution in [1.29, 1.82) is 0 Å². The average molecular weight is 473 g/mol. The van der Waals surface area contributed by atoms with E-state index in [0.29, 0.717) is 19.3 Å². The first-order valence-electron chi connectivity index (χ1n) is 11.8. The monoisotopic (exact) mass is 472 g/mol. The largest absolute Gasteiger partial charge is 0.463 e. The summed E-state index contributed by atoms with van der Waals surface area (Å²) in [6, 6.07) is 8.94. The maximum Gasteiger partial charge on any atom is 0.309 e. The zero-order valence-electron chi connectivity index (χ0n) is 20.7. The number of aliphatic hydroxyl groups excluding tert-OH is 1. The van der Waals surface area contributed by atoms with Gasteiger partial charge in [0.05, 0.1) is 24.5 Å². The standard InChI is InChI=1S/C27H40N2O5/c1-6-11-22(16-25(31)28-20(5)17-30)26(32)29-24(19(3)4)18-34-27(33)23(12-7-2)15-21-13-9-8-10-14-21/h6-10,13-14,19-20,22-24,30H,1-2,11-12,15-18H2,3-5H3,(H,28,31)(H,29,32)/t20-,22+,23-,24+/m0/s1. The first-order chi connectivity index (χ1) is 16.2. The molecule has 2 amide bonds. The zero-order chi connectivity index (χ0) is 25.5. The number of hydrogen-bond acceptors (Lipinski definition) is 5. The molecule has 0 radical (unpaired) electrons. The van der Waals surface area contributed by atoms with Crippen LogP contribution < -0.4 is 10.6 Å². The third-order valence-electron chi connectivity index (χ3n) is 5.58. The van der Waals surface area contributed by atoms with Crippen LogP contribution in [0.25, 0.3) is 0 Å². The SMILES string of the molecule is C=CC[C@H](CC(=O)N[C@@H](C)CO)C(=O)N[C@H](COC(=O)[C@@H](CC=C)Cc1ccccc1)C(C)C. The van der Waals surface area contributed by atoms with Crippen LogP contribution in [0.2, 0.25) is 0 Å². The highest BCUT2D eigenvalue weighted by atomic mass is 16.5. The Kier molecular flexibility index (Phi) is 13.5. The smallest absolute Gasteiger partial charge is 0.309 e. The van der Waals surface area contributed by atoms with E-state index in [1.165, 1.54) is 0 Å². The van der Waals surface area contributed by atoms with Crippen LogP contribution in [0.1, 0.15) is 45.6 Å². The Bertz CT molecular complexity index is 793. The minimum absolute atomic E-state index is 0.0105. The molecule has 0 aliphatic carbocycles. The fraction of sp³-hybridized carbons (Fsp3) is 0.519. The molecule has 1 rings (SSSR count). The Morgan fingerprint density at radius 2 is 1.62 bits per heavy atom. The molecule has 0 saturated carbocycles. The van der Waals surface area contributed by atoms with Gasteiger partial charge in [-0.1, -0.05) is 56.3 Å². The Hall–Kier alpha value is -2.93. The van der Waals surface area contributed by atoms with Crippen LogP contribution in [0.3, 0.4) is 0 Å². The first-order valence-corrected chi connectivity index (χ1v) is 11.8. The summed E-state index contributed by atoms with van der Waals surface area (Å²) in [5, 5.41) is 14.7. The van der Waals surface area contributed by atoms with Gasteiger partial charge in [0.1, 0.15) is 6.61 Å². The van der Waals surface area contributed by atoms with Crippen molar-refractivity contribution in [2.75, 3.05) is 13.2 Å². The summed E-state index contributed by atoms with van der Waals surface area (Å²) in [7, 11) is 0. The molecule has 0 aliphatic heterocycles. The lowest BCUT2D eigenvalue weighted by Crippen LogP contribution is -2.46. The maximum absolute atomic E-state index is 12.9. The van der Waals surface area contributed by atoms with Gasteiger partial charge in [0.15, 0.2) is 0 Å². The van der Waals surface area contributed by atoms with Gasteiger partial charge in [-0.25, -0.2) is 0 Å². The van der Waals surface area contributed by atoms with Crippen LogP contribution in [-0.4, -0.2) is 48.2 Å². The highest BCUT2D eigenvalue weighted by Gasteiger charge is 2.27. The number of carbonyl (C=O) groups excluding carboxylic acids is 3. The molecule has 0 aromatic heterocycles. The summed E-state index contributed by atoms with van der Waals surface area (Å²) in [4.78, 5) is 37.9. The molecule has 0 aliphatic rings. The zero-order valence-corrected chi connectivity index (χ0v) is 20.7. The van der Waals surface area contributed by atoms with Crippen molar-refractivity contribution < 1.29 is 24.2 Å². The molecule has 0 fully saturated rings. The summed E-state index contributed by atoms with van der Waals surface area (Å²) in [5.41, 5.74) is 1.04. The lowest BCUT2D eigenvalue weighted by Gasteiger charge is -2.26. The molecular weight excluding hydrogens is 432 g/mol. The van der Waals surface area contributed by atoms with E-state index in [1.54, 1.807) is 19.1 Å². The second kappa shape index (κ2) is 15.8. The number of esters is 1. The number of aliphatic hydroxyl groups is 1. The lowest BCUT2D eigenvalue weighted by molar-refractivity contribution is -0.150. The molecule has 1 aromatic carbocycles. The molecular formula is C27H40N2O5. The second-order valence-corrected chi connectivity index (χ2v) is 8.98. The van der Waals surface area contributed by atoms with Gasteiger partial charge in [-0.05, 0) is 37.7 Å². The number of benzene rings is 1. The van der Waals surface area contributed by atoms with Crippen molar-refractivity contribution in [3.05, 3.63) is 61.2 Å². The number of amides is 2. The van der Waals surface area contributed by atoms with Crippen LogP contribution in [0.15, 0.2) is 55.6 Å². The van der Waals surface area contributed by atoms with Crippen LogP contribution in [-0.2, 0) is 25.5 Å². The molecule has 1 aromatic rings. The first kappa shape index (κ1) is 29.1. The van der Waals surface area contributed by atoms with Gasteiger partial charge >= 0.3 is 5.97 Å². The molecule has 0 unspecified atom stereocenters. The maximum atomic E-state index is 12.9. The third kappa shape index (κ3) is 10.8. The van der Waals surface area contributed by atoms with Crippen molar-refractivity contribution in [1.82, 2.24) is 10.6 Å². The highest BCUT2D eigenvalue weighted by molar-refractivity contribution is 5.86. The Labute approximate surface area is 203 Å². The summed E-state index contributed by atoms with van der Waals surface area (Å²) >= 11 is 0. The molecule has 0 saturated heterocycles. The van der Waals surface area contributed by atoms with Crippen LogP contribution in [0.4, 0.5) is 0 Å². The third-order valence-corrected chi connectivity index (χ3v) is 5.58. The van der Waals surface area contributed by atoms with Gasteiger partial charge < -0.3 is 20.5 Å². The molecule has 7 heteroatoms. The van der Waals surface area contributed by atoms with E-state index in [2.05, 4.69) is 23.8 Å². The summed E-state index contributed by atoms with van der Waals surface area (Å²) in [5.74, 6) is -1.89. The molecule has 0 heterocycles. The number of hydrogen-bond donors (Lipinski definition) is 3. The number of ether oxygens (including phenoxy) is 1. The Morgan fingerprint density at radius 1 is 1.00 bits per heavy atom. The van der Waals surface area contributed by atoms with Crippen molar-refractivity contribution in [3.63, 3.8) is 0 Å². The van der Waals surface area contributed by atoms with E-state index in [1.807, 2.05) is 44.2 Å². The average Bonchev–Trinajstić information content (AvgIpc) is 2.81. The van der Waals surface area contributed by atoms with Gasteiger partial charge in [0.2, 0.25) is 11.8 Å². The van der Waals surface area contributed by atoms with Crippen LogP contribution in [0, 0.1) is 17.8 Å². The molecule has 0 spiro atoms.